The topological polar surface area (TPSA) is 260 Å². The SMILES string of the molecule is CN(CC(=O)O)c1ccc(NC(=O)C2C[N+](=c3ccc4c(-c5ccccc5C(=O)[O-])c5ccc(N6CCC6)cc5oc-4c3)C2)cc1OCCOc1ccccc1N(CC(=O)O)CC(=O)O.O=C=O. The first kappa shape index (κ1) is 47.3. The number of nitrogens with one attached hydrogen (secondary N) is 1. The second kappa shape index (κ2) is 21.1. The molecule has 0 unspecified atom stereocenters. The molecule has 4 aromatic rings. The van der Waals surface area contributed by atoms with Crippen molar-refractivity contribution in [1.82, 2.24) is 4.58 Å². The Morgan fingerprint density at radius 3 is 2.10 bits per heavy atom. The maximum Gasteiger partial charge on any atom is 0.373 e. The van der Waals surface area contributed by atoms with Gasteiger partial charge >= 0.3 is 24.1 Å². The Hall–Kier alpha value is -8.70. The van der Waals surface area contributed by atoms with Crippen molar-refractivity contribution in [1.29, 1.82) is 0 Å². The lowest BCUT2D eigenvalue weighted by Gasteiger charge is -2.33. The fraction of sp³-hybridized carbons (Fsp3) is 0.245. The van der Waals surface area contributed by atoms with Crippen molar-refractivity contribution >= 4 is 69.7 Å². The van der Waals surface area contributed by atoms with E-state index in [2.05, 4.69) is 10.2 Å². The highest BCUT2D eigenvalue weighted by atomic mass is 16.5. The highest BCUT2D eigenvalue weighted by Gasteiger charge is 2.38. The zero-order valence-electron chi connectivity index (χ0n) is 36.6. The highest BCUT2D eigenvalue weighted by Crippen LogP contribution is 2.42. The van der Waals surface area contributed by atoms with E-state index in [1.807, 2.05) is 41.0 Å². The van der Waals surface area contributed by atoms with E-state index in [1.54, 1.807) is 67.7 Å². The number of amides is 1. The minimum Gasteiger partial charge on any atom is -0.545 e. The smallest absolute Gasteiger partial charge is 0.373 e. The molecule has 8 rings (SSSR count). The standard InChI is InChI=1S/C48H45N5O12.CO2/c1-50(26-43(54)55)37-16-11-30(21-42(37)64-20-19-63-39-10-5-4-9-38(39)53(27-44(56)57)28-45(58)59)49-47(60)29-24-52(25-29)32-13-15-36-41(23-32)65-40-22-31(51-17-6-18-51)12-14-35(40)46(36)33-7-2-3-8-34(33)48(61)62;2-1-3/h2-5,7-16,21-23,29H,6,17-20,24-28H2,1H3,(H4-,49,54,55,56,57,58,59,60,61,62);. The summed E-state index contributed by atoms with van der Waals surface area (Å²) in [4.78, 5) is 81.5. The van der Waals surface area contributed by atoms with Crippen LogP contribution in [0.2, 0.25) is 0 Å². The number of hydrogen-bond acceptors (Lipinski definition) is 14. The van der Waals surface area contributed by atoms with Crippen LogP contribution in [-0.2, 0) is 28.8 Å². The summed E-state index contributed by atoms with van der Waals surface area (Å²) in [6.07, 6.45) is 1.36. The van der Waals surface area contributed by atoms with E-state index in [4.69, 9.17) is 23.5 Å². The molecule has 4 aliphatic rings. The van der Waals surface area contributed by atoms with Gasteiger partial charge in [0.15, 0.2) is 19.0 Å². The summed E-state index contributed by atoms with van der Waals surface area (Å²) >= 11 is 0. The first-order valence-electron chi connectivity index (χ1n) is 21.3. The van der Waals surface area contributed by atoms with Crippen LogP contribution in [0, 0.1) is 5.92 Å². The van der Waals surface area contributed by atoms with Gasteiger partial charge in [0.25, 0.3) is 0 Å². The largest absolute Gasteiger partial charge is 0.545 e. The molecule has 350 valence electrons. The third-order valence-corrected chi connectivity index (χ3v) is 11.4. The van der Waals surface area contributed by atoms with Gasteiger partial charge in [-0.3, -0.25) is 19.2 Å². The summed E-state index contributed by atoms with van der Waals surface area (Å²) in [5.74, 6) is -4.32. The number of anilines is 4. The number of hydrogen-bond donors (Lipinski definition) is 4. The van der Waals surface area contributed by atoms with Crippen molar-refractivity contribution < 1.29 is 67.9 Å². The number of rotatable bonds is 18. The van der Waals surface area contributed by atoms with Gasteiger partial charge in [0.05, 0.1) is 23.4 Å². The first-order valence-corrected chi connectivity index (χ1v) is 21.3. The molecule has 4 aromatic carbocycles. The lowest BCUT2D eigenvalue weighted by molar-refractivity contribution is -0.255. The van der Waals surface area contributed by atoms with Gasteiger partial charge in [-0.05, 0) is 54.4 Å². The average Bonchev–Trinajstić information content (AvgIpc) is 3.25. The van der Waals surface area contributed by atoms with Gasteiger partial charge in [-0.1, -0.05) is 36.4 Å². The minimum absolute atomic E-state index is 0.0477. The van der Waals surface area contributed by atoms with E-state index in [9.17, 15) is 44.4 Å². The van der Waals surface area contributed by atoms with Crippen LogP contribution >= 0.6 is 0 Å². The van der Waals surface area contributed by atoms with Crippen LogP contribution < -0.4 is 44.5 Å². The molecule has 0 radical (unpaired) electrons. The molecule has 19 nitrogen and oxygen atoms in total. The van der Waals surface area contributed by atoms with Gasteiger partial charge < -0.3 is 59.1 Å². The van der Waals surface area contributed by atoms with Crippen LogP contribution in [0.3, 0.4) is 0 Å². The van der Waals surface area contributed by atoms with Gasteiger partial charge in [0.2, 0.25) is 11.3 Å². The van der Waals surface area contributed by atoms with Crippen LogP contribution in [-0.4, -0.2) is 117 Å². The molecule has 0 aromatic heterocycles. The third-order valence-electron chi connectivity index (χ3n) is 11.4. The van der Waals surface area contributed by atoms with Crippen molar-refractivity contribution in [2.75, 3.05) is 86.1 Å². The van der Waals surface area contributed by atoms with Crippen LogP contribution in [0.15, 0.2) is 108 Å². The Labute approximate surface area is 387 Å². The minimum atomic E-state index is -1.28. The van der Waals surface area contributed by atoms with Crippen molar-refractivity contribution in [3.05, 3.63) is 114 Å². The van der Waals surface area contributed by atoms with E-state index in [-0.39, 0.29) is 60.5 Å². The fourth-order valence-electron chi connectivity index (χ4n) is 8.11. The summed E-state index contributed by atoms with van der Waals surface area (Å²) in [5.41, 5.74) is 4.80. The first-order chi connectivity index (χ1) is 32.7. The summed E-state index contributed by atoms with van der Waals surface area (Å²) in [7, 11) is 1.59. The number of aromatic carboxylic acids is 1. The maximum absolute atomic E-state index is 13.6. The summed E-state index contributed by atoms with van der Waals surface area (Å²) in [5, 5.41) is 45.0. The number of aliphatic carboxylic acids is 3. The highest BCUT2D eigenvalue weighted by molar-refractivity contribution is 6.07. The third kappa shape index (κ3) is 10.9. The van der Waals surface area contributed by atoms with Crippen LogP contribution in [0.4, 0.5) is 22.7 Å². The number of likely N-dealkylation sites (N-methyl/N-ethyl adjacent to an activating group) is 1. The Morgan fingerprint density at radius 2 is 1.44 bits per heavy atom. The molecule has 1 amide bonds. The molecule has 3 aliphatic heterocycles. The number of carboxylic acid groups (broad SMARTS) is 4. The van der Waals surface area contributed by atoms with Crippen molar-refractivity contribution in [3.8, 4) is 33.9 Å². The molecule has 0 atom stereocenters. The Morgan fingerprint density at radius 1 is 0.779 bits per heavy atom. The predicted octanol–water partition coefficient (Wildman–Crippen LogP) is 3.19. The number of benzene rings is 5. The normalized spacial score (nSPS) is 13.8. The molecule has 0 saturated carbocycles. The zero-order chi connectivity index (χ0) is 48.5. The number of carboxylic acids is 4. The number of para-hydroxylation sites is 2. The van der Waals surface area contributed by atoms with E-state index in [0.29, 0.717) is 41.4 Å². The van der Waals surface area contributed by atoms with Crippen molar-refractivity contribution in [2.24, 2.45) is 5.92 Å². The van der Waals surface area contributed by atoms with Gasteiger partial charge in [-0.15, -0.1) is 0 Å². The predicted molar refractivity (Wildman–Crippen MR) is 244 cm³/mol. The second-order valence-corrected chi connectivity index (χ2v) is 15.9. The van der Waals surface area contributed by atoms with Crippen LogP contribution in [0.1, 0.15) is 16.8 Å². The Bertz CT molecular complexity index is 2950. The quantitative estimate of drug-likeness (QED) is 0.0548. The monoisotopic (exact) mass is 927 g/mol. The molecule has 0 bridgehead atoms. The van der Waals surface area contributed by atoms with E-state index < -0.39 is 37.0 Å². The second-order valence-electron chi connectivity index (χ2n) is 15.9. The summed E-state index contributed by atoms with van der Waals surface area (Å²) in [6, 6.07) is 29.8. The molecular formula is C49H45N5O14. The lowest BCUT2D eigenvalue weighted by atomic mass is 9.90. The molecule has 2 saturated heterocycles. The maximum atomic E-state index is 13.6. The van der Waals surface area contributed by atoms with Gasteiger partial charge in [-0.25, -0.2) is 4.58 Å². The van der Waals surface area contributed by atoms with Gasteiger partial charge in [-0.2, -0.15) is 9.59 Å². The average molecular weight is 928 g/mol. The molecule has 68 heavy (non-hydrogen) atoms. The van der Waals surface area contributed by atoms with Crippen molar-refractivity contribution in [2.45, 2.75) is 6.42 Å². The zero-order valence-corrected chi connectivity index (χ0v) is 36.6. The molecule has 4 N–H and O–H groups in total. The Kier molecular flexibility index (Phi) is 14.7. The molecule has 2 fully saturated rings. The number of nitrogens with zero attached hydrogens (tertiary/aromatic N) is 4. The summed E-state index contributed by atoms with van der Waals surface area (Å²) in [6.45, 7) is 1.14. The van der Waals surface area contributed by atoms with Gasteiger partial charge in [0.1, 0.15) is 55.7 Å². The molecular weight excluding hydrogens is 883 g/mol. The molecule has 3 heterocycles. The number of ether oxygens (including phenoxy) is 2. The summed E-state index contributed by atoms with van der Waals surface area (Å²) < 4.78 is 20.6. The van der Waals surface area contributed by atoms with Gasteiger partial charge in [0, 0.05) is 71.8 Å². The van der Waals surface area contributed by atoms with E-state index in [1.165, 1.54) is 11.0 Å². The van der Waals surface area contributed by atoms with Crippen LogP contribution in [0.5, 0.6) is 11.5 Å². The molecule has 0 spiro atoms. The number of carbonyl (C=O) groups is 5. The van der Waals surface area contributed by atoms with E-state index in [0.717, 1.165) is 52.0 Å². The Balaban J connectivity index is 0.00000222. The molecule has 19 heteroatoms. The van der Waals surface area contributed by atoms with Crippen LogP contribution in [0.25, 0.3) is 33.4 Å². The number of carbonyl (C=O) groups excluding carboxylic acids is 4. The van der Waals surface area contributed by atoms with E-state index >= 15 is 0 Å². The lowest BCUT2D eigenvalue weighted by Crippen LogP contribution is -2.53. The fourth-order valence-corrected chi connectivity index (χ4v) is 8.11. The number of fused-ring (bicyclic) bond motifs is 2. The van der Waals surface area contributed by atoms with Crippen molar-refractivity contribution in [3.63, 3.8) is 0 Å². The molecule has 1 aliphatic carbocycles.